The van der Waals surface area contributed by atoms with Gasteiger partial charge in [-0.2, -0.15) is 0 Å². The fraction of sp³-hybridized carbons (Fsp3) is 0.294. The molecule has 27 heavy (non-hydrogen) atoms. The van der Waals surface area contributed by atoms with Gasteiger partial charge in [-0.05, 0) is 42.5 Å². The summed E-state index contributed by atoms with van der Waals surface area (Å²) in [7, 11) is 1.17. The lowest BCUT2D eigenvalue weighted by Crippen LogP contribution is -2.34. The number of ether oxygens (including phenoxy) is 3. The van der Waals surface area contributed by atoms with Crippen LogP contribution >= 0.6 is 11.8 Å². The number of carboxylic acids is 1. The molecule has 0 saturated carbocycles. The van der Waals surface area contributed by atoms with E-state index in [1.165, 1.54) is 19.3 Å². The molecule has 1 heterocycles. The zero-order valence-electron chi connectivity index (χ0n) is 14.6. The summed E-state index contributed by atoms with van der Waals surface area (Å²) in [5, 5.41) is 8.15. The molecule has 1 N–H and O–H groups in total. The molecule has 1 aliphatic heterocycles. The summed E-state index contributed by atoms with van der Waals surface area (Å²) in [6, 6.07) is 4.67. The van der Waals surface area contributed by atoms with Crippen molar-refractivity contribution in [1.29, 1.82) is 0 Å². The molecule has 1 aliphatic rings. The second-order valence-electron chi connectivity index (χ2n) is 5.17. The minimum atomic E-state index is -1.12. The number of rotatable bonds is 8. The second-order valence-corrected chi connectivity index (χ2v) is 6.16. The van der Waals surface area contributed by atoms with Crippen LogP contribution in [-0.4, -0.2) is 60.0 Å². The molecule has 2 amide bonds. The Morgan fingerprint density at radius 3 is 2.59 bits per heavy atom. The Morgan fingerprint density at radius 1 is 1.22 bits per heavy atom. The first-order valence-corrected chi connectivity index (χ1v) is 8.61. The van der Waals surface area contributed by atoms with Crippen molar-refractivity contribution < 1.29 is 38.5 Å². The number of aliphatic carboxylic acids is 1. The smallest absolute Gasteiger partial charge is 0.341 e. The number of imide groups is 1. The molecule has 0 spiro atoms. The van der Waals surface area contributed by atoms with Gasteiger partial charge in [-0.25, -0.2) is 4.79 Å². The number of amides is 2. The molecule has 144 valence electrons. The van der Waals surface area contributed by atoms with Crippen LogP contribution in [0.15, 0.2) is 23.1 Å². The van der Waals surface area contributed by atoms with E-state index in [9.17, 15) is 19.2 Å². The normalized spacial score (nSPS) is 15.2. The molecule has 1 aromatic rings. The minimum absolute atomic E-state index is 0.144. The molecule has 0 bridgehead atoms. The van der Waals surface area contributed by atoms with E-state index in [-0.39, 0.29) is 10.7 Å². The fourth-order valence-electron chi connectivity index (χ4n) is 2.12. The van der Waals surface area contributed by atoms with Gasteiger partial charge < -0.3 is 19.3 Å². The Balaban J connectivity index is 2.23. The molecule has 9 nitrogen and oxygen atoms in total. The molecule has 1 aromatic carbocycles. The van der Waals surface area contributed by atoms with Gasteiger partial charge in [-0.15, -0.1) is 0 Å². The number of hydrogen-bond donors (Lipinski definition) is 1. The lowest BCUT2D eigenvalue weighted by atomic mass is 10.2. The van der Waals surface area contributed by atoms with Crippen molar-refractivity contribution in [3.63, 3.8) is 0 Å². The van der Waals surface area contributed by atoms with Gasteiger partial charge in [0, 0.05) is 0 Å². The first-order chi connectivity index (χ1) is 12.8. The van der Waals surface area contributed by atoms with E-state index in [1.807, 2.05) is 0 Å². The number of thioether (sulfide) groups is 1. The quantitative estimate of drug-likeness (QED) is 0.518. The lowest BCUT2D eigenvalue weighted by Gasteiger charge is -2.11. The number of nitrogens with zero attached hydrogens (tertiary/aromatic N) is 1. The lowest BCUT2D eigenvalue weighted by molar-refractivity contribution is -0.143. The van der Waals surface area contributed by atoms with Gasteiger partial charge >= 0.3 is 11.9 Å². The van der Waals surface area contributed by atoms with E-state index in [0.29, 0.717) is 29.7 Å². The molecule has 1 saturated heterocycles. The van der Waals surface area contributed by atoms with Crippen LogP contribution in [0, 0.1) is 0 Å². The average molecular weight is 395 g/mol. The van der Waals surface area contributed by atoms with Gasteiger partial charge in [0.2, 0.25) is 0 Å². The molecule has 0 unspecified atom stereocenters. The zero-order valence-corrected chi connectivity index (χ0v) is 15.4. The molecule has 1 fully saturated rings. The van der Waals surface area contributed by atoms with Gasteiger partial charge in [-0.1, -0.05) is 6.07 Å². The monoisotopic (exact) mass is 395 g/mol. The van der Waals surface area contributed by atoms with Gasteiger partial charge in [0.05, 0.1) is 18.6 Å². The summed E-state index contributed by atoms with van der Waals surface area (Å²) in [4.78, 5) is 47.2. The van der Waals surface area contributed by atoms with Crippen LogP contribution in [-0.2, 0) is 19.1 Å². The van der Waals surface area contributed by atoms with Crippen LogP contribution in [0.2, 0.25) is 0 Å². The third kappa shape index (κ3) is 5.23. The summed E-state index contributed by atoms with van der Waals surface area (Å²) in [6.07, 6.45) is 1.48. The topological polar surface area (TPSA) is 119 Å². The second kappa shape index (κ2) is 9.08. The SMILES string of the molecule is CCOc1cc(/C=C2/SC(=O)N(CC(=O)OC)C2=O)ccc1OCC(=O)O. The standard InChI is InChI=1S/C17H17NO8S/c1-3-25-12-6-10(4-5-11(12)26-9-14(19)20)7-13-16(22)18(17(23)27-13)8-15(21)24-2/h4-7H,3,8-9H2,1-2H3,(H,19,20)/b13-7+. The highest BCUT2D eigenvalue weighted by atomic mass is 32.2. The Morgan fingerprint density at radius 2 is 1.96 bits per heavy atom. The largest absolute Gasteiger partial charge is 0.490 e. The molecule has 0 aromatic heterocycles. The van der Waals surface area contributed by atoms with E-state index in [2.05, 4.69) is 4.74 Å². The van der Waals surface area contributed by atoms with Gasteiger partial charge in [0.1, 0.15) is 6.54 Å². The third-order valence-electron chi connectivity index (χ3n) is 3.30. The molecular formula is C17H17NO8S. The summed E-state index contributed by atoms with van der Waals surface area (Å²) < 4.78 is 15.1. The molecule has 0 atom stereocenters. The number of esters is 1. The van der Waals surface area contributed by atoms with Crippen molar-refractivity contribution in [2.75, 3.05) is 26.9 Å². The molecule has 0 aliphatic carbocycles. The highest BCUT2D eigenvalue weighted by Crippen LogP contribution is 2.34. The number of carbonyl (C=O) groups is 4. The minimum Gasteiger partial charge on any atom is -0.490 e. The first-order valence-electron chi connectivity index (χ1n) is 7.79. The number of benzene rings is 1. The van der Waals surface area contributed by atoms with Gasteiger partial charge in [-0.3, -0.25) is 19.3 Å². The van der Waals surface area contributed by atoms with Crippen molar-refractivity contribution in [3.8, 4) is 11.5 Å². The number of carbonyl (C=O) groups excluding carboxylic acids is 3. The van der Waals surface area contributed by atoms with Crippen molar-refractivity contribution in [3.05, 3.63) is 28.7 Å². The number of hydrogen-bond acceptors (Lipinski definition) is 8. The number of carboxylic acid groups (broad SMARTS) is 1. The summed E-state index contributed by atoms with van der Waals surface area (Å²) >= 11 is 0.708. The summed E-state index contributed by atoms with van der Waals surface area (Å²) in [5.41, 5.74) is 0.546. The van der Waals surface area contributed by atoms with E-state index < -0.39 is 36.2 Å². The van der Waals surface area contributed by atoms with Crippen LogP contribution in [0.3, 0.4) is 0 Å². The number of methoxy groups -OCH3 is 1. The summed E-state index contributed by atoms with van der Waals surface area (Å²) in [6.45, 7) is 1.10. The Bertz CT molecular complexity index is 804. The highest BCUT2D eigenvalue weighted by molar-refractivity contribution is 8.18. The van der Waals surface area contributed by atoms with Crippen molar-refractivity contribution in [1.82, 2.24) is 4.90 Å². The van der Waals surface area contributed by atoms with E-state index in [0.717, 1.165) is 4.90 Å². The van der Waals surface area contributed by atoms with E-state index in [4.69, 9.17) is 14.6 Å². The maximum absolute atomic E-state index is 12.3. The Kier molecular flexibility index (Phi) is 6.83. The van der Waals surface area contributed by atoms with Crippen LogP contribution in [0.4, 0.5) is 4.79 Å². The van der Waals surface area contributed by atoms with Crippen molar-refractivity contribution in [2.24, 2.45) is 0 Å². The molecule has 10 heteroatoms. The van der Waals surface area contributed by atoms with E-state index >= 15 is 0 Å². The van der Waals surface area contributed by atoms with Gasteiger partial charge in [0.25, 0.3) is 11.1 Å². The van der Waals surface area contributed by atoms with Crippen LogP contribution in [0.5, 0.6) is 11.5 Å². The maximum Gasteiger partial charge on any atom is 0.341 e. The highest BCUT2D eigenvalue weighted by Gasteiger charge is 2.36. The molecular weight excluding hydrogens is 378 g/mol. The zero-order chi connectivity index (χ0) is 20.0. The van der Waals surface area contributed by atoms with Crippen LogP contribution in [0.1, 0.15) is 12.5 Å². The maximum atomic E-state index is 12.3. The molecule has 2 rings (SSSR count). The van der Waals surface area contributed by atoms with Crippen molar-refractivity contribution in [2.45, 2.75) is 6.92 Å². The predicted molar refractivity (Wildman–Crippen MR) is 95.4 cm³/mol. The third-order valence-corrected chi connectivity index (χ3v) is 4.21. The van der Waals surface area contributed by atoms with Crippen LogP contribution in [0.25, 0.3) is 6.08 Å². The Hall–Kier alpha value is -3.01. The van der Waals surface area contributed by atoms with Gasteiger partial charge in [0.15, 0.2) is 18.1 Å². The predicted octanol–water partition coefficient (Wildman–Crippen LogP) is 1.76. The fourth-order valence-corrected chi connectivity index (χ4v) is 2.96. The first kappa shape index (κ1) is 20.3. The Labute approximate surface area is 158 Å². The van der Waals surface area contributed by atoms with Crippen molar-refractivity contribution >= 4 is 40.9 Å². The molecule has 0 radical (unpaired) electrons. The van der Waals surface area contributed by atoms with Crippen LogP contribution < -0.4 is 9.47 Å². The average Bonchev–Trinajstić information content (AvgIpc) is 2.88. The summed E-state index contributed by atoms with van der Waals surface area (Å²) in [5.74, 6) is -1.87. The van der Waals surface area contributed by atoms with E-state index in [1.54, 1.807) is 19.1 Å².